The van der Waals surface area contributed by atoms with Gasteiger partial charge in [-0.15, -0.1) is 11.8 Å². The molecule has 0 aliphatic heterocycles. The van der Waals surface area contributed by atoms with Gasteiger partial charge in [0.1, 0.15) is 0 Å². The molecule has 0 heterocycles. The third-order valence-corrected chi connectivity index (χ3v) is 3.24. The molecule has 0 nitrogen and oxygen atoms in total. The van der Waals surface area contributed by atoms with Gasteiger partial charge >= 0.3 is 0 Å². The summed E-state index contributed by atoms with van der Waals surface area (Å²) in [6.07, 6.45) is 12.7. The van der Waals surface area contributed by atoms with E-state index in [0.29, 0.717) is 0 Å². The Morgan fingerprint density at radius 1 is 0.500 bits per heavy atom. The first kappa shape index (κ1) is 25.4. The molecule has 24 heavy (non-hydrogen) atoms. The maximum Gasteiger partial charge on any atom is 0.0230 e. The molecule has 140 valence electrons. The number of hydrogen-bond acceptors (Lipinski definition) is 0. The Hall–Kier alpha value is -0.880. The van der Waals surface area contributed by atoms with Crippen LogP contribution in [0.5, 0.6) is 0 Å². The molecule has 0 bridgehead atoms. The maximum absolute atomic E-state index is 3.25. The number of unbranched alkanes of at least 4 members (excludes halogenated alkanes) is 8. The Morgan fingerprint density at radius 2 is 0.833 bits per heavy atom. The summed E-state index contributed by atoms with van der Waals surface area (Å²) in [7, 11) is 0. The van der Waals surface area contributed by atoms with Gasteiger partial charge in [-0.2, -0.15) is 0 Å². The Bertz CT molecular complexity index is 338. The summed E-state index contributed by atoms with van der Waals surface area (Å²) in [6, 6.07) is 0. The molecule has 0 aliphatic rings. The quantitative estimate of drug-likeness (QED) is 0.312. The van der Waals surface area contributed by atoms with E-state index in [9.17, 15) is 0 Å². The van der Waals surface area contributed by atoms with Crippen molar-refractivity contribution in [1.29, 1.82) is 0 Å². The predicted octanol–water partition coefficient (Wildman–Crippen LogP) is 8.01. The van der Waals surface area contributed by atoms with Crippen LogP contribution in [-0.2, 0) is 0 Å². The van der Waals surface area contributed by atoms with Crippen LogP contribution in [0.15, 0.2) is 0 Å². The van der Waals surface area contributed by atoms with Gasteiger partial charge in [0.05, 0.1) is 0 Å². The zero-order valence-electron chi connectivity index (χ0n) is 18.1. The fourth-order valence-electron chi connectivity index (χ4n) is 1.94. The van der Waals surface area contributed by atoms with Crippen LogP contribution < -0.4 is 0 Å². The van der Waals surface area contributed by atoms with Crippen LogP contribution in [0.4, 0.5) is 0 Å². The van der Waals surface area contributed by atoms with E-state index in [0.717, 1.165) is 12.8 Å². The van der Waals surface area contributed by atoms with Gasteiger partial charge in [0.2, 0.25) is 0 Å². The van der Waals surface area contributed by atoms with Crippen LogP contribution in [0.2, 0.25) is 0 Å². The second-order valence-corrected chi connectivity index (χ2v) is 8.72. The van der Waals surface area contributed by atoms with Gasteiger partial charge in [0.15, 0.2) is 0 Å². The average Bonchev–Trinajstić information content (AvgIpc) is 2.45. The van der Waals surface area contributed by atoms with Gasteiger partial charge in [-0.05, 0) is 54.4 Å². The summed E-state index contributed by atoms with van der Waals surface area (Å²) in [5.41, 5.74) is 0.371. The van der Waals surface area contributed by atoms with Crippen LogP contribution in [-0.4, -0.2) is 0 Å². The first-order valence-corrected chi connectivity index (χ1v) is 10.1. The van der Waals surface area contributed by atoms with Crippen LogP contribution in [0.25, 0.3) is 0 Å². The van der Waals surface area contributed by atoms with E-state index < -0.39 is 0 Å². The zero-order valence-corrected chi connectivity index (χ0v) is 18.1. The maximum atomic E-state index is 3.25. The van der Waals surface area contributed by atoms with Crippen molar-refractivity contribution >= 4 is 0 Å². The lowest BCUT2D eigenvalue weighted by Crippen LogP contribution is -1.99. The minimum absolute atomic E-state index is 0.185. The van der Waals surface area contributed by atoms with Crippen molar-refractivity contribution < 1.29 is 0 Å². The lowest BCUT2D eigenvalue weighted by Gasteiger charge is -2.06. The summed E-state index contributed by atoms with van der Waals surface area (Å²) in [5.74, 6) is 13.0. The monoisotopic (exact) mass is 332 g/mol. The fourth-order valence-corrected chi connectivity index (χ4v) is 1.94. The largest absolute Gasteiger partial charge is 0.103 e. The minimum atomic E-state index is 0.185. The SMILES string of the molecule is CCCCCCC#CC(C)(C)C.CCCCCCC#CC(C)(C)C. The summed E-state index contributed by atoms with van der Waals surface area (Å²) in [6.45, 7) is 17.4. The number of rotatable bonds is 8. The zero-order chi connectivity index (χ0) is 18.9. The summed E-state index contributed by atoms with van der Waals surface area (Å²) in [4.78, 5) is 0. The summed E-state index contributed by atoms with van der Waals surface area (Å²) < 4.78 is 0. The highest BCUT2D eigenvalue weighted by molar-refractivity contribution is 5.07. The van der Waals surface area contributed by atoms with E-state index in [1.807, 2.05) is 0 Å². The molecular weight excluding hydrogens is 288 g/mol. The first-order chi connectivity index (χ1) is 11.1. The molecule has 0 aliphatic carbocycles. The second-order valence-electron chi connectivity index (χ2n) is 8.72. The van der Waals surface area contributed by atoms with Crippen molar-refractivity contribution in [3.8, 4) is 23.7 Å². The van der Waals surface area contributed by atoms with E-state index in [4.69, 9.17) is 0 Å². The summed E-state index contributed by atoms with van der Waals surface area (Å²) in [5, 5.41) is 0. The first-order valence-electron chi connectivity index (χ1n) is 10.1. The Morgan fingerprint density at radius 3 is 1.08 bits per heavy atom. The normalized spacial score (nSPS) is 10.7. The summed E-state index contributed by atoms with van der Waals surface area (Å²) >= 11 is 0. The molecule has 0 aromatic rings. The molecule has 0 rings (SSSR count). The molecule has 0 amide bonds. The van der Waals surface area contributed by atoms with Crippen LogP contribution in [0.3, 0.4) is 0 Å². The van der Waals surface area contributed by atoms with Crippen molar-refractivity contribution in [1.82, 2.24) is 0 Å². The molecule has 0 aromatic carbocycles. The van der Waals surface area contributed by atoms with Crippen LogP contribution in [0.1, 0.15) is 120 Å². The lowest BCUT2D eigenvalue weighted by atomic mass is 9.97. The van der Waals surface area contributed by atoms with Gasteiger partial charge in [0, 0.05) is 23.7 Å². The van der Waals surface area contributed by atoms with E-state index in [1.54, 1.807) is 0 Å². The molecular formula is C24H44. The molecule has 0 atom stereocenters. The third kappa shape index (κ3) is 29.2. The predicted molar refractivity (Wildman–Crippen MR) is 112 cm³/mol. The smallest absolute Gasteiger partial charge is 0.0230 e. The average molecular weight is 333 g/mol. The lowest BCUT2D eigenvalue weighted by molar-refractivity contribution is 0.569. The van der Waals surface area contributed by atoms with Gasteiger partial charge in [-0.3, -0.25) is 0 Å². The highest BCUT2D eigenvalue weighted by Crippen LogP contribution is 2.11. The van der Waals surface area contributed by atoms with Gasteiger partial charge in [-0.1, -0.05) is 64.2 Å². The van der Waals surface area contributed by atoms with Gasteiger partial charge in [0.25, 0.3) is 0 Å². The Kier molecular flexibility index (Phi) is 16.5. The highest BCUT2D eigenvalue weighted by Gasteiger charge is 2.03. The molecule has 0 saturated carbocycles. The van der Waals surface area contributed by atoms with Crippen molar-refractivity contribution in [2.45, 2.75) is 120 Å². The Labute approximate surface area is 154 Å². The molecule has 0 N–H and O–H groups in total. The third-order valence-electron chi connectivity index (χ3n) is 3.24. The topological polar surface area (TPSA) is 0 Å². The van der Waals surface area contributed by atoms with E-state index >= 15 is 0 Å². The minimum Gasteiger partial charge on any atom is -0.103 e. The van der Waals surface area contributed by atoms with E-state index in [1.165, 1.54) is 51.4 Å². The van der Waals surface area contributed by atoms with Crippen molar-refractivity contribution in [2.24, 2.45) is 10.8 Å². The molecule has 0 saturated heterocycles. The van der Waals surface area contributed by atoms with Crippen molar-refractivity contribution in [3.63, 3.8) is 0 Å². The van der Waals surface area contributed by atoms with E-state index in [2.05, 4.69) is 79.1 Å². The fraction of sp³-hybridized carbons (Fsp3) is 0.833. The van der Waals surface area contributed by atoms with Crippen molar-refractivity contribution in [3.05, 3.63) is 0 Å². The van der Waals surface area contributed by atoms with Gasteiger partial charge in [-0.25, -0.2) is 0 Å². The standard InChI is InChI=1S/2C12H22/c2*1-5-6-7-8-9-10-11-12(2,3)4/h2*5-9H2,1-4H3. The van der Waals surface area contributed by atoms with Gasteiger partial charge < -0.3 is 0 Å². The second kappa shape index (κ2) is 15.6. The van der Waals surface area contributed by atoms with Crippen LogP contribution >= 0.6 is 0 Å². The van der Waals surface area contributed by atoms with E-state index in [-0.39, 0.29) is 10.8 Å². The molecule has 0 fully saturated rings. The van der Waals surface area contributed by atoms with Crippen molar-refractivity contribution in [2.75, 3.05) is 0 Å². The molecule has 0 spiro atoms. The molecule has 0 unspecified atom stereocenters. The molecule has 0 radical (unpaired) electrons. The van der Waals surface area contributed by atoms with Crippen LogP contribution in [0, 0.1) is 34.5 Å². The molecule has 0 heteroatoms. The number of hydrogen-bond donors (Lipinski definition) is 0. The Balaban J connectivity index is 0. The highest BCUT2D eigenvalue weighted by atomic mass is 14.1. The molecule has 0 aromatic heterocycles.